The minimum atomic E-state index is -4.40. The number of carbonyl (C=O) groups excluding carboxylic acids is 1. The first-order valence-corrected chi connectivity index (χ1v) is 10.0. The van der Waals surface area contributed by atoms with Crippen molar-refractivity contribution >= 4 is 34.7 Å². The summed E-state index contributed by atoms with van der Waals surface area (Å²) in [6.45, 7) is -1.36. The molecule has 0 aliphatic carbocycles. The minimum Gasteiger partial charge on any atom is -0.484 e. The zero-order valence-electron chi connectivity index (χ0n) is 14.4. The molecule has 3 rings (SSSR count). The second-order valence-electron chi connectivity index (χ2n) is 5.65. The van der Waals surface area contributed by atoms with Gasteiger partial charge in [-0.2, -0.15) is 13.2 Å². The zero-order chi connectivity index (χ0) is 20.0. The molecule has 0 atom stereocenters. The van der Waals surface area contributed by atoms with Crippen molar-refractivity contribution in [1.82, 2.24) is 4.98 Å². The Labute approximate surface area is 167 Å². The zero-order valence-corrected chi connectivity index (χ0v) is 16.0. The van der Waals surface area contributed by atoms with E-state index in [0.717, 1.165) is 10.6 Å². The van der Waals surface area contributed by atoms with Crippen molar-refractivity contribution in [1.29, 1.82) is 0 Å². The normalized spacial score (nSPS) is 11.2. The molecule has 0 aliphatic heterocycles. The number of rotatable bonds is 7. The van der Waals surface area contributed by atoms with Crippen molar-refractivity contribution in [2.45, 2.75) is 16.8 Å². The smallest absolute Gasteiger partial charge is 0.422 e. The second-order valence-corrected chi connectivity index (χ2v) is 7.38. The number of hydrogen-bond donors (Lipinski definition) is 1. The van der Waals surface area contributed by atoms with Crippen LogP contribution in [0.3, 0.4) is 0 Å². The van der Waals surface area contributed by atoms with Crippen molar-refractivity contribution < 1.29 is 22.7 Å². The molecule has 0 aliphatic rings. The molecule has 0 saturated carbocycles. The van der Waals surface area contributed by atoms with Gasteiger partial charge >= 0.3 is 6.18 Å². The molecule has 2 aromatic carbocycles. The number of amides is 1. The van der Waals surface area contributed by atoms with E-state index >= 15 is 0 Å². The molecule has 1 amide bonds. The Morgan fingerprint density at radius 3 is 2.57 bits per heavy atom. The van der Waals surface area contributed by atoms with Crippen LogP contribution in [0.2, 0.25) is 0 Å². The van der Waals surface area contributed by atoms with E-state index in [4.69, 9.17) is 0 Å². The largest absolute Gasteiger partial charge is 0.484 e. The number of thioether (sulfide) groups is 1. The number of halogens is 3. The molecule has 0 fully saturated rings. The maximum Gasteiger partial charge on any atom is 0.422 e. The standard InChI is InChI=1S/C19H15F3N2O2S2/c20-19(21,22)11-26-15-7-5-13(6-8-15)24-18(25)16-3-1-2-4-17(16)28-10-14-9-27-12-23-14/h1-9,12H,10-11H2,(H,24,25). The van der Waals surface area contributed by atoms with Crippen LogP contribution in [0.4, 0.5) is 18.9 Å². The number of aromatic nitrogens is 1. The summed E-state index contributed by atoms with van der Waals surface area (Å²) in [5, 5.41) is 4.70. The molecule has 0 unspecified atom stereocenters. The van der Waals surface area contributed by atoms with E-state index < -0.39 is 12.8 Å². The first-order chi connectivity index (χ1) is 13.4. The fourth-order valence-corrected chi connectivity index (χ4v) is 3.85. The number of nitrogens with one attached hydrogen (secondary N) is 1. The van der Waals surface area contributed by atoms with Crippen molar-refractivity contribution in [3.8, 4) is 5.75 Å². The molecular weight excluding hydrogens is 409 g/mol. The quantitative estimate of drug-likeness (QED) is 0.500. The van der Waals surface area contributed by atoms with E-state index in [0.29, 0.717) is 17.0 Å². The Hall–Kier alpha value is -2.52. The van der Waals surface area contributed by atoms with Crippen molar-refractivity contribution in [2.24, 2.45) is 0 Å². The summed E-state index contributed by atoms with van der Waals surface area (Å²) in [5.41, 5.74) is 3.68. The first kappa shape index (κ1) is 20.2. The van der Waals surface area contributed by atoms with Crippen molar-refractivity contribution in [2.75, 3.05) is 11.9 Å². The highest BCUT2D eigenvalue weighted by molar-refractivity contribution is 7.98. The van der Waals surface area contributed by atoms with Crippen LogP contribution < -0.4 is 10.1 Å². The van der Waals surface area contributed by atoms with Gasteiger partial charge in [-0.3, -0.25) is 4.79 Å². The molecule has 0 radical (unpaired) electrons. The summed E-state index contributed by atoms with van der Waals surface area (Å²) in [6.07, 6.45) is -4.40. The molecule has 9 heteroatoms. The van der Waals surface area contributed by atoms with Gasteiger partial charge in [0.15, 0.2) is 6.61 Å². The molecule has 1 aromatic heterocycles. The summed E-state index contributed by atoms with van der Waals surface area (Å²) in [6, 6.07) is 13.0. The minimum absolute atomic E-state index is 0.0783. The Morgan fingerprint density at radius 2 is 1.89 bits per heavy atom. The lowest BCUT2D eigenvalue weighted by Gasteiger charge is -2.11. The third-order valence-corrected chi connectivity index (χ3v) is 5.25. The topological polar surface area (TPSA) is 51.2 Å². The summed E-state index contributed by atoms with van der Waals surface area (Å²) >= 11 is 3.03. The highest BCUT2D eigenvalue weighted by Gasteiger charge is 2.28. The van der Waals surface area contributed by atoms with E-state index in [1.807, 2.05) is 17.5 Å². The number of ether oxygens (including phenoxy) is 1. The number of hydrogen-bond acceptors (Lipinski definition) is 5. The van der Waals surface area contributed by atoms with Crippen LogP contribution >= 0.6 is 23.1 Å². The predicted molar refractivity (Wildman–Crippen MR) is 104 cm³/mol. The third-order valence-electron chi connectivity index (χ3n) is 3.51. The van der Waals surface area contributed by atoms with Gasteiger partial charge < -0.3 is 10.1 Å². The molecule has 4 nitrogen and oxygen atoms in total. The van der Waals surface area contributed by atoms with E-state index in [1.165, 1.54) is 47.4 Å². The maximum atomic E-state index is 12.6. The number of carbonyl (C=O) groups is 1. The van der Waals surface area contributed by atoms with Gasteiger partial charge in [-0.15, -0.1) is 23.1 Å². The van der Waals surface area contributed by atoms with Gasteiger partial charge in [-0.1, -0.05) is 12.1 Å². The Bertz CT molecular complexity index is 914. The second kappa shape index (κ2) is 9.11. The molecule has 146 valence electrons. The van der Waals surface area contributed by atoms with Gasteiger partial charge in [0.1, 0.15) is 5.75 Å². The Balaban J connectivity index is 1.63. The fraction of sp³-hybridized carbons (Fsp3) is 0.158. The van der Waals surface area contributed by atoms with E-state index in [2.05, 4.69) is 15.0 Å². The average molecular weight is 424 g/mol. The monoisotopic (exact) mass is 424 g/mol. The number of nitrogens with zero attached hydrogens (tertiary/aromatic N) is 1. The van der Waals surface area contributed by atoms with Gasteiger partial charge in [0.2, 0.25) is 0 Å². The number of anilines is 1. The summed E-state index contributed by atoms with van der Waals surface area (Å²) in [4.78, 5) is 17.7. The van der Waals surface area contributed by atoms with Gasteiger partial charge in [0.25, 0.3) is 5.91 Å². The Kier molecular flexibility index (Phi) is 6.58. The van der Waals surface area contributed by atoms with Crippen LogP contribution in [0, 0.1) is 0 Å². The van der Waals surface area contributed by atoms with Gasteiger partial charge in [-0.05, 0) is 36.4 Å². The van der Waals surface area contributed by atoms with Crippen LogP contribution in [0.15, 0.2) is 64.3 Å². The average Bonchev–Trinajstić information content (AvgIpc) is 3.19. The fourth-order valence-electron chi connectivity index (χ4n) is 2.24. The molecule has 0 spiro atoms. The number of benzene rings is 2. The van der Waals surface area contributed by atoms with Gasteiger partial charge in [-0.25, -0.2) is 4.98 Å². The van der Waals surface area contributed by atoms with Gasteiger partial charge in [0, 0.05) is 21.7 Å². The van der Waals surface area contributed by atoms with Gasteiger partial charge in [0.05, 0.1) is 16.8 Å². The lowest BCUT2D eigenvalue weighted by molar-refractivity contribution is -0.153. The number of alkyl halides is 3. The molecule has 0 bridgehead atoms. The van der Waals surface area contributed by atoms with E-state index in [-0.39, 0.29) is 11.7 Å². The van der Waals surface area contributed by atoms with Crippen molar-refractivity contribution in [3.63, 3.8) is 0 Å². The van der Waals surface area contributed by atoms with Crippen LogP contribution in [-0.4, -0.2) is 23.7 Å². The lowest BCUT2D eigenvalue weighted by atomic mass is 10.2. The van der Waals surface area contributed by atoms with Crippen LogP contribution in [0.5, 0.6) is 5.75 Å². The lowest BCUT2D eigenvalue weighted by Crippen LogP contribution is -2.19. The summed E-state index contributed by atoms with van der Waals surface area (Å²) in [7, 11) is 0. The van der Waals surface area contributed by atoms with Crippen molar-refractivity contribution in [3.05, 3.63) is 70.7 Å². The highest BCUT2D eigenvalue weighted by Crippen LogP contribution is 2.27. The van der Waals surface area contributed by atoms with Crippen LogP contribution in [0.1, 0.15) is 16.1 Å². The number of thiazole rings is 1. The highest BCUT2D eigenvalue weighted by atomic mass is 32.2. The molecule has 1 heterocycles. The van der Waals surface area contributed by atoms with E-state index in [1.54, 1.807) is 17.6 Å². The molecular formula is C19H15F3N2O2S2. The third kappa shape index (κ3) is 6.00. The van der Waals surface area contributed by atoms with Crippen LogP contribution in [-0.2, 0) is 5.75 Å². The first-order valence-electron chi connectivity index (χ1n) is 8.10. The molecule has 1 N–H and O–H groups in total. The SMILES string of the molecule is O=C(Nc1ccc(OCC(F)(F)F)cc1)c1ccccc1SCc1cscn1. The van der Waals surface area contributed by atoms with E-state index in [9.17, 15) is 18.0 Å². The Morgan fingerprint density at radius 1 is 1.14 bits per heavy atom. The molecule has 0 saturated heterocycles. The predicted octanol–water partition coefficient (Wildman–Crippen LogP) is 5.63. The molecule has 3 aromatic rings. The van der Waals surface area contributed by atoms with Crippen LogP contribution in [0.25, 0.3) is 0 Å². The summed E-state index contributed by atoms with van der Waals surface area (Å²) in [5.74, 6) is 0.429. The molecule has 28 heavy (non-hydrogen) atoms. The maximum absolute atomic E-state index is 12.6. The summed E-state index contributed by atoms with van der Waals surface area (Å²) < 4.78 is 41.2.